The van der Waals surface area contributed by atoms with Crippen LogP contribution >= 0.6 is 0 Å². The van der Waals surface area contributed by atoms with E-state index in [9.17, 15) is 0 Å². The minimum atomic E-state index is 0.210. The lowest BCUT2D eigenvalue weighted by Gasteiger charge is -2.22. The summed E-state index contributed by atoms with van der Waals surface area (Å²) >= 11 is 0. The Balaban J connectivity index is 1.63. The molecule has 1 atom stereocenters. The van der Waals surface area contributed by atoms with Gasteiger partial charge in [-0.25, -0.2) is 0 Å². The summed E-state index contributed by atoms with van der Waals surface area (Å²) in [5.74, 6) is 0.861. The minimum absolute atomic E-state index is 0.210. The standard InChI is InChI=1S/C21H28O3/c1-4-5-15-22-18(3)24-23-16-14-19-8-12-21(13-9-19)20-10-6-17(2)7-11-20/h4,6-7,10-12,19H,1,3,5,8-9,13-16H2,2H3. The normalized spacial score (nSPS) is 17.0. The molecule has 0 amide bonds. The van der Waals surface area contributed by atoms with Gasteiger partial charge in [0.1, 0.15) is 0 Å². The highest BCUT2D eigenvalue weighted by Gasteiger charge is 2.15. The first-order valence-electron chi connectivity index (χ1n) is 8.67. The van der Waals surface area contributed by atoms with Crippen LogP contribution in [0.25, 0.3) is 5.57 Å². The molecule has 0 N–H and O–H groups in total. The lowest BCUT2D eigenvalue weighted by molar-refractivity contribution is -0.293. The quantitative estimate of drug-likeness (QED) is 0.184. The molecule has 0 aromatic heterocycles. The Hall–Kier alpha value is -2.00. The van der Waals surface area contributed by atoms with Gasteiger partial charge < -0.3 is 4.74 Å². The number of ether oxygens (including phenoxy) is 1. The van der Waals surface area contributed by atoms with Crippen molar-refractivity contribution in [2.24, 2.45) is 5.92 Å². The van der Waals surface area contributed by atoms with Crippen LogP contribution in [0.3, 0.4) is 0 Å². The van der Waals surface area contributed by atoms with E-state index in [1.807, 2.05) is 0 Å². The summed E-state index contributed by atoms with van der Waals surface area (Å²) in [6.07, 6.45) is 9.33. The van der Waals surface area contributed by atoms with Crippen LogP contribution in [-0.2, 0) is 14.5 Å². The molecule has 0 spiro atoms. The zero-order valence-electron chi connectivity index (χ0n) is 14.6. The Kier molecular flexibility index (Phi) is 7.63. The van der Waals surface area contributed by atoms with Crippen molar-refractivity contribution in [2.45, 2.75) is 39.0 Å². The third-order valence-electron chi connectivity index (χ3n) is 4.29. The van der Waals surface area contributed by atoms with Crippen LogP contribution in [0.5, 0.6) is 0 Å². The molecule has 3 heteroatoms. The van der Waals surface area contributed by atoms with Crippen molar-refractivity contribution in [1.29, 1.82) is 0 Å². The Morgan fingerprint density at radius 1 is 1.25 bits per heavy atom. The molecule has 1 aliphatic rings. The van der Waals surface area contributed by atoms with Crippen LogP contribution in [0.15, 0.2) is 55.5 Å². The van der Waals surface area contributed by atoms with Gasteiger partial charge in [0.2, 0.25) is 0 Å². The Bertz CT molecular complexity index is 557. The van der Waals surface area contributed by atoms with Gasteiger partial charge in [-0.05, 0) is 62.7 Å². The molecule has 1 aliphatic carbocycles. The third-order valence-corrected chi connectivity index (χ3v) is 4.29. The summed E-state index contributed by atoms with van der Waals surface area (Å²) in [4.78, 5) is 10.2. The second-order valence-corrected chi connectivity index (χ2v) is 6.23. The van der Waals surface area contributed by atoms with Gasteiger partial charge in [0.15, 0.2) is 0 Å². The minimum Gasteiger partial charge on any atom is -0.463 e. The first-order chi connectivity index (χ1) is 11.7. The van der Waals surface area contributed by atoms with Crippen molar-refractivity contribution in [2.75, 3.05) is 13.2 Å². The predicted molar refractivity (Wildman–Crippen MR) is 98.1 cm³/mol. The topological polar surface area (TPSA) is 27.7 Å². The summed E-state index contributed by atoms with van der Waals surface area (Å²) in [7, 11) is 0. The molecule has 1 unspecified atom stereocenters. The second kappa shape index (κ2) is 9.99. The van der Waals surface area contributed by atoms with E-state index in [1.54, 1.807) is 6.08 Å². The molecular weight excluding hydrogens is 300 g/mol. The highest BCUT2D eigenvalue weighted by Crippen LogP contribution is 2.31. The fraction of sp³-hybridized carbons (Fsp3) is 0.429. The van der Waals surface area contributed by atoms with Gasteiger partial charge >= 0.3 is 5.95 Å². The van der Waals surface area contributed by atoms with Gasteiger partial charge in [-0.2, -0.15) is 4.89 Å². The molecule has 1 aromatic carbocycles. The maximum absolute atomic E-state index is 5.22. The van der Waals surface area contributed by atoms with E-state index in [0.717, 1.165) is 25.7 Å². The smallest absolute Gasteiger partial charge is 0.309 e. The van der Waals surface area contributed by atoms with Crippen molar-refractivity contribution in [3.05, 3.63) is 66.6 Å². The van der Waals surface area contributed by atoms with E-state index in [4.69, 9.17) is 14.5 Å². The summed E-state index contributed by atoms with van der Waals surface area (Å²) in [5.41, 5.74) is 4.12. The summed E-state index contributed by atoms with van der Waals surface area (Å²) in [6, 6.07) is 8.79. The zero-order valence-corrected chi connectivity index (χ0v) is 14.6. The number of hydrogen-bond acceptors (Lipinski definition) is 3. The van der Waals surface area contributed by atoms with Gasteiger partial charge in [-0.15, -0.1) is 6.58 Å². The van der Waals surface area contributed by atoms with Gasteiger partial charge in [0.05, 0.1) is 13.2 Å². The molecule has 0 radical (unpaired) electrons. The molecule has 0 fully saturated rings. The summed E-state index contributed by atoms with van der Waals surface area (Å²) in [6.45, 7) is 10.5. The van der Waals surface area contributed by atoms with Crippen molar-refractivity contribution in [3.8, 4) is 0 Å². The molecule has 3 nitrogen and oxygen atoms in total. The van der Waals surface area contributed by atoms with Crippen molar-refractivity contribution < 1.29 is 14.5 Å². The van der Waals surface area contributed by atoms with E-state index in [-0.39, 0.29) is 5.95 Å². The summed E-state index contributed by atoms with van der Waals surface area (Å²) in [5, 5.41) is 0. The SMILES string of the molecule is C=CCCOC(=C)OOCCC1CC=C(c2ccc(C)cc2)CC1. The van der Waals surface area contributed by atoms with Gasteiger partial charge in [0, 0.05) is 0 Å². The fourth-order valence-electron chi connectivity index (χ4n) is 2.78. The number of benzene rings is 1. The predicted octanol–water partition coefficient (Wildman–Crippen LogP) is 5.58. The van der Waals surface area contributed by atoms with Gasteiger partial charge in [0.25, 0.3) is 0 Å². The Morgan fingerprint density at radius 3 is 2.71 bits per heavy atom. The average Bonchev–Trinajstić information content (AvgIpc) is 2.60. The fourth-order valence-corrected chi connectivity index (χ4v) is 2.78. The molecule has 2 rings (SSSR count). The number of rotatable bonds is 10. The Labute approximate surface area is 145 Å². The first kappa shape index (κ1) is 18.3. The molecule has 0 saturated carbocycles. The molecule has 0 bridgehead atoms. The van der Waals surface area contributed by atoms with Crippen molar-refractivity contribution in [1.82, 2.24) is 0 Å². The maximum atomic E-state index is 5.22. The van der Waals surface area contributed by atoms with Crippen LogP contribution in [0.1, 0.15) is 43.2 Å². The lowest BCUT2D eigenvalue weighted by atomic mass is 9.85. The largest absolute Gasteiger partial charge is 0.463 e. The molecule has 1 aromatic rings. The van der Waals surface area contributed by atoms with Crippen molar-refractivity contribution >= 4 is 5.57 Å². The van der Waals surface area contributed by atoms with Gasteiger partial charge in [-0.1, -0.05) is 42.0 Å². The molecular formula is C21H28O3. The van der Waals surface area contributed by atoms with E-state index in [0.29, 0.717) is 19.1 Å². The average molecular weight is 328 g/mol. The van der Waals surface area contributed by atoms with E-state index >= 15 is 0 Å². The molecule has 0 saturated heterocycles. The zero-order chi connectivity index (χ0) is 17.2. The second-order valence-electron chi connectivity index (χ2n) is 6.23. The third kappa shape index (κ3) is 6.25. The van der Waals surface area contributed by atoms with Crippen LogP contribution < -0.4 is 0 Å². The van der Waals surface area contributed by atoms with E-state index in [2.05, 4.69) is 50.4 Å². The monoisotopic (exact) mass is 328 g/mol. The van der Waals surface area contributed by atoms with Crippen LogP contribution in [0.4, 0.5) is 0 Å². The molecule has 0 aliphatic heterocycles. The highest BCUT2D eigenvalue weighted by atomic mass is 17.2. The lowest BCUT2D eigenvalue weighted by Crippen LogP contribution is -2.09. The van der Waals surface area contributed by atoms with Crippen LogP contribution in [0.2, 0.25) is 0 Å². The Morgan fingerprint density at radius 2 is 2.04 bits per heavy atom. The van der Waals surface area contributed by atoms with Gasteiger partial charge in [-0.3, -0.25) is 4.89 Å². The highest BCUT2D eigenvalue weighted by molar-refractivity contribution is 5.66. The molecule has 0 heterocycles. The first-order valence-corrected chi connectivity index (χ1v) is 8.67. The van der Waals surface area contributed by atoms with Crippen LogP contribution in [-0.4, -0.2) is 13.2 Å². The number of allylic oxidation sites excluding steroid dienone is 2. The van der Waals surface area contributed by atoms with Crippen molar-refractivity contribution in [3.63, 3.8) is 0 Å². The van der Waals surface area contributed by atoms with E-state index < -0.39 is 0 Å². The van der Waals surface area contributed by atoms with E-state index in [1.165, 1.54) is 23.1 Å². The van der Waals surface area contributed by atoms with Crippen LogP contribution in [0, 0.1) is 12.8 Å². The summed E-state index contributed by atoms with van der Waals surface area (Å²) < 4.78 is 5.22. The molecule has 24 heavy (non-hydrogen) atoms. The number of aryl methyl sites for hydroxylation is 1. The number of hydrogen-bond donors (Lipinski definition) is 0. The molecule has 130 valence electrons. The maximum Gasteiger partial charge on any atom is 0.309 e.